The van der Waals surface area contributed by atoms with Crippen LogP contribution in [0, 0.1) is 0 Å². The summed E-state index contributed by atoms with van der Waals surface area (Å²) in [6.45, 7) is 53.3. The Morgan fingerprint density at radius 2 is 0.423 bits per heavy atom. The van der Waals surface area contributed by atoms with Crippen molar-refractivity contribution >= 4 is 61.7 Å². The van der Waals surface area contributed by atoms with E-state index >= 15 is 0 Å². The zero-order chi connectivity index (χ0) is 86.5. The number of hydrogen-bond donors (Lipinski definition) is 0. The molecule has 19 rings (SSSR count). The molecule has 0 bridgehead atoms. The molecule has 0 atom stereocenters. The van der Waals surface area contributed by atoms with E-state index in [4.69, 9.17) is 0 Å². The van der Waals surface area contributed by atoms with Crippen molar-refractivity contribution in [3.8, 4) is 77.9 Å². The van der Waals surface area contributed by atoms with Crippen molar-refractivity contribution in [2.24, 2.45) is 0 Å². The van der Waals surface area contributed by atoms with Crippen LogP contribution in [-0.4, -0.2) is 26.5 Å². The molecular formula is C121H126Ge2. The second-order valence-corrected chi connectivity index (χ2v) is 58.5. The van der Waals surface area contributed by atoms with Crippen molar-refractivity contribution in [1.29, 1.82) is 0 Å². The summed E-state index contributed by atoms with van der Waals surface area (Å²) in [6.07, 6.45) is 5.94. The Balaban J connectivity index is 0.757. The SMILES string of the molecule is CCC1(CC)c2cc(-c3cc(C(C)(C)C)cc4c3-c3ccc(C(C)(C)C)cc3C4(C)C)ccc2-c2cc[c]([Ge]([c]3ccccc3)([c]3ccccc3)[c]3ccc4c(c3)C(CC)(CC)c3c[c]([Ge]([c]5ccccc5)([c]5ccccc5)[c]5ccc6c(c5)C(CC)(CC)c5cc(-c7cc(C(C)(C)C)cc8c7-c7ccc(C(C)(C)C)cc7C8(C)C)ccc5-6)ccc3-4)cc21. The molecule has 0 unspecified atom stereocenters. The van der Waals surface area contributed by atoms with Crippen LogP contribution in [0.2, 0.25) is 0 Å². The van der Waals surface area contributed by atoms with E-state index < -0.39 is 26.5 Å². The predicted octanol–water partition coefficient (Wildman–Crippen LogP) is 26.8. The van der Waals surface area contributed by atoms with Crippen LogP contribution < -0.4 is 35.2 Å². The molecule has 618 valence electrons. The van der Waals surface area contributed by atoms with Crippen molar-refractivity contribution in [2.75, 3.05) is 0 Å². The van der Waals surface area contributed by atoms with Crippen LogP contribution >= 0.6 is 0 Å². The molecule has 5 aliphatic carbocycles. The zero-order valence-corrected chi connectivity index (χ0v) is 81.7. The van der Waals surface area contributed by atoms with Gasteiger partial charge in [-0.05, 0) is 22.0 Å². The molecule has 0 N–H and O–H groups in total. The summed E-state index contributed by atoms with van der Waals surface area (Å²) in [5.41, 5.74) is 38.5. The summed E-state index contributed by atoms with van der Waals surface area (Å²) in [7, 11) is 0. The van der Waals surface area contributed by atoms with Crippen molar-refractivity contribution in [1.82, 2.24) is 0 Å². The summed E-state index contributed by atoms with van der Waals surface area (Å²) in [6, 6.07) is 120. The van der Waals surface area contributed by atoms with E-state index in [1.165, 1.54) is 191 Å². The zero-order valence-electron chi connectivity index (χ0n) is 77.5. The van der Waals surface area contributed by atoms with Gasteiger partial charge >= 0.3 is 685 Å². The van der Waals surface area contributed by atoms with Gasteiger partial charge in [-0.2, -0.15) is 0 Å². The number of rotatable bonds is 16. The van der Waals surface area contributed by atoms with Gasteiger partial charge in [-0.25, -0.2) is 0 Å². The Labute approximate surface area is 742 Å². The van der Waals surface area contributed by atoms with Gasteiger partial charge in [0.1, 0.15) is 0 Å². The van der Waals surface area contributed by atoms with Crippen LogP contribution in [0.5, 0.6) is 0 Å². The Morgan fingerprint density at radius 1 is 0.195 bits per heavy atom. The van der Waals surface area contributed by atoms with Gasteiger partial charge in [0.2, 0.25) is 0 Å². The van der Waals surface area contributed by atoms with Gasteiger partial charge in [-0.15, -0.1) is 0 Å². The fourth-order valence-electron chi connectivity index (χ4n) is 24.5. The molecular weight excluding hydrogens is 1600 g/mol. The summed E-state index contributed by atoms with van der Waals surface area (Å²) in [5.74, 6) is 0. The maximum atomic E-state index is 2.80. The molecule has 0 saturated carbocycles. The molecule has 0 spiro atoms. The van der Waals surface area contributed by atoms with Crippen molar-refractivity contribution in [3.05, 3.63) is 369 Å². The molecule has 0 aromatic heterocycles. The molecule has 0 saturated heterocycles. The molecule has 14 aromatic carbocycles. The van der Waals surface area contributed by atoms with E-state index in [9.17, 15) is 0 Å². The van der Waals surface area contributed by atoms with Crippen LogP contribution in [0.4, 0.5) is 0 Å². The van der Waals surface area contributed by atoms with E-state index in [2.05, 4.69) is 444 Å². The normalized spacial score (nSPS) is 15.8. The Bertz CT molecular complexity index is 6100. The van der Waals surface area contributed by atoms with E-state index in [0.29, 0.717) is 0 Å². The van der Waals surface area contributed by atoms with Crippen LogP contribution in [0.15, 0.2) is 291 Å². The van der Waals surface area contributed by atoms with Gasteiger partial charge < -0.3 is 0 Å². The van der Waals surface area contributed by atoms with E-state index in [1.807, 2.05) is 0 Å². The molecule has 123 heavy (non-hydrogen) atoms. The standard InChI is InChI=1S/C121H126Ge2/c1-23-119(24-2)103-65-77(99-67-81(115(13,14)15)71-109-111(99)97-59-51-79(113(7,8)9)69-101(97)117(109,19)20)49-57-91(103)93-61-53-87(73-105(93)119)122(83-41-33-29-34-42-83,84-43-35-30-36-44-84)89-55-63-95-96-64-56-90(76-108(96)121(27-5,28-6)107(95)75-89)123(85-45-37-31-38-46-85,86-47-39-32-40-48-86)88-54-62-94-92-58-50-78(66-104(92)120(25-3,26-4)106(94)74-88)100-68-82(116(16,17)18)72-110-112(100)98-60-52-80(114(10,11)12)70-102(98)118(110,21)22/h29-76H,23-28H2,1-22H3. The van der Waals surface area contributed by atoms with Crippen LogP contribution in [0.1, 0.15) is 269 Å². The summed E-state index contributed by atoms with van der Waals surface area (Å²) in [5, 5.41) is 0. The Morgan fingerprint density at radius 3 is 0.667 bits per heavy atom. The Kier molecular flexibility index (Phi) is 19.6. The topological polar surface area (TPSA) is 0 Å². The first-order valence-corrected chi connectivity index (χ1v) is 54.9. The van der Waals surface area contributed by atoms with E-state index in [-0.39, 0.29) is 48.7 Å². The summed E-state index contributed by atoms with van der Waals surface area (Å²) < 4.78 is 11.8. The Hall–Kier alpha value is -9.83. The average molecular weight is 1730 g/mol. The average Bonchev–Trinajstić information content (AvgIpc) is 1.55. The molecule has 5 aliphatic rings. The molecule has 0 heterocycles. The summed E-state index contributed by atoms with van der Waals surface area (Å²) in [4.78, 5) is 0. The van der Waals surface area contributed by atoms with Crippen molar-refractivity contribution < 1.29 is 0 Å². The molecule has 0 radical (unpaired) electrons. The fraction of sp³-hybridized carbons (Fsp3) is 0.306. The third-order valence-electron chi connectivity index (χ3n) is 31.9. The van der Waals surface area contributed by atoms with Gasteiger partial charge in [-0.3, -0.25) is 0 Å². The van der Waals surface area contributed by atoms with Crippen LogP contribution in [-0.2, 0) is 48.7 Å². The van der Waals surface area contributed by atoms with Crippen molar-refractivity contribution in [2.45, 2.75) is 240 Å². The quantitative estimate of drug-likeness (QED) is 0.0846. The monoisotopic (exact) mass is 1730 g/mol. The molecule has 0 fully saturated rings. The van der Waals surface area contributed by atoms with Gasteiger partial charge in [0.25, 0.3) is 0 Å². The van der Waals surface area contributed by atoms with Gasteiger partial charge in [-0.1, -0.05) is 41.5 Å². The number of hydrogen-bond acceptors (Lipinski definition) is 0. The third kappa shape index (κ3) is 12.0. The first kappa shape index (κ1) is 82.8. The van der Waals surface area contributed by atoms with Gasteiger partial charge in [0, 0.05) is 0 Å². The van der Waals surface area contributed by atoms with Gasteiger partial charge in [0.15, 0.2) is 0 Å². The summed E-state index contributed by atoms with van der Waals surface area (Å²) >= 11 is -8.16. The molecule has 0 aliphatic heterocycles. The predicted molar refractivity (Wildman–Crippen MR) is 535 cm³/mol. The first-order valence-electron chi connectivity index (χ1n) is 46.5. The number of fused-ring (bicyclic) bond motifs is 15. The fourth-order valence-corrected chi connectivity index (χ4v) is 44.5. The molecule has 14 aromatic rings. The maximum absolute atomic E-state index is 4.08. The van der Waals surface area contributed by atoms with E-state index in [0.717, 1.165) is 38.5 Å². The minimum absolute atomic E-state index is 0.0429. The second-order valence-electron chi connectivity index (χ2n) is 42.6. The molecule has 0 amide bonds. The van der Waals surface area contributed by atoms with Crippen molar-refractivity contribution in [3.63, 3.8) is 0 Å². The molecule has 2 heteroatoms. The van der Waals surface area contributed by atoms with Crippen LogP contribution in [0.3, 0.4) is 0 Å². The van der Waals surface area contributed by atoms with Crippen LogP contribution in [0.25, 0.3) is 77.9 Å². The second kappa shape index (κ2) is 29.1. The minimum atomic E-state index is -4.08. The van der Waals surface area contributed by atoms with E-state index in [1.54, 1.807) is 0 Å². The van der Waals surface area contributed by atoms with Gasteiger partial charge in [0.05, 0.1) is 0 Å². The third-order valence-corrected chi connectivity index (χ3v) is 51.8. The number of benzene rings is 14. The first-order chi connectivity index (χ1) is 58.6. The molecule has 0 nitrogen and oxygen atoms in total.